The molecule has 3 aromatic heterocycles. The molecule has 150 valence electrons. The van der Waals surface area contributed by atoms with Gasteiger partial charge in [-0.05, 0) is 26.0 Å². The summed E-state index contributed by atoms with van der Waals surface area (Å²) < 4.78 is 43.8. The van der Waals surface area contributed by atoms with Gasteiger partial charge in [0.25, 0.3) is 11.1 Å². The van der Waals surface area contributed by atoms with Gasteiger partial charge in [-0.15, -0.1) is 32.9 Å². The van der Waals surface area contributed by atoms with Crippen LogP contribution in [0.4, 0.5) is 13.2 Å². The van der Waals surface area contributed by atoms with Gasteiger partial charge in [0.2, 0.25) is 0 Å². The Hall–Kier alpha value is -2.24. The summed E-state index contributed by atoms with van der Waals surface area (Å²) in [7, 11) is 0. The minimum Gasteiger partial charge on any atom is -0.410 e. The Morgan fingerprint density at radius 2 is 1.83 bits per heavy atom. The second-order valence-electron chi connectivity index (χ2n) is 6.03. The maximum Gasteiger partial charge on any atom is 0.416 e. The fourth-order valence-corrected chi connectivity index (χ4v) is 4.96. The molecule has 5 nitrogen and oxygen atoms in total. The Bertz CT molecular complexity index is 1130. The largest absolute Gasteiger partial charge is 0.416 e. The third-order valence-corrected chi connectivity index (χ3v) is 6.71. The molecule has 0 unspecified atom stereocenters. The van der Waals surface area contributed by atoms with Crippen LogP contribution < -0.4 is 0 Å². The van der Waals surface area contributed by atoms with Crippen LogP contribution in [-0.2, 0) is 11.9 Å². The van der Waals surface area contributed by atoms with E-state index in [4.69, 9.17) is 4.42 Å². The Morgan fingerprint density at radius 1 is 1.07 bits per heavy atom. The Balaban J connectivity index is 1.42. The number of benzene rings is 1. The summed E-state index contributed by atoms with van der Waals surface area (Å²) in [6.07, 6.45) is -4.34. The molecule has 4 aromatic rings. The number of halogens is 3. The molecule has 29 heavy (non-hydrogen) atoms. The summed E-state index contributed by atoms with van der Waals surface area (Å²) in [6.45, 7) is 3.82. The number of hydrogen-bond donors (Lipinski definition) is 0. The van der Waals surface area contributed by atoms with Crippen LogP contribution in [0, 0.1) is 13.8 Å². The zero-order valence-electron chi connectivity index (χ0n) is 15.1. The van der Waals surface area contributed by atoms with E-state index in [2.05, 4.69) is 20.2 Å². The molecule has 0 N–H and O–H groups in total. The van der Waals surface area contributed by atoms with Gasteiger partial charge >= 0.3 is 6.18 Å². The van der Waals surface area contributed by atoms with Crippen LogP contribution in [-0.4, -0.2) is 20.2 Å². The number of thiazole rings is 2. The molecule has 1 aromatic carbocycles. The van der Waals surface area contributed by atoms with Gasteiger partial charge < -0.3 is 4.42 Å². The zero-order valence-corrected chi connectivity index (χ0v) is 17.6. The lowest BCUT2D eigenvalue weighted by atomic mass is 10.1. The maximum absolute atomic E-state index is 12.7. The lowest BCUT2D eigenvalue weighted by molar-refractivity contribution is -0.137. The monoisotopic (exact) mass is 454 g/mol. The highest BCUT2D eigenvalue weighted by Crippen LogP contribution is 2.34. The van der Waals surface area contributed by atoms with Gasteiger partial charge in [-0.25, -0.2) is 9.97 Å². The van der Waals surface area contributed by atoms with Crippen molar-refractivity contribution >= 4 is 34.4 Å². The Morgan fingerprint density at radius 3 is 2.48 bits per heavy atom. The maximum atomic E-state index is 12.7. The molecule has 0 saturated heterocycles. The van der Waals surface area contributed by atoms with Gasteiger partial charge in [0, 0.05) is 16.7 Å². The minimum atomic E-state index is -4.34. The van der Waals surface area contributed by atoms with E-state index in [1.54, 1.807) is 0 Å². The first-order chi connectivity index (χ1) is 13.8. The van der Waals surface area contributed by atoms with Crippen LogP contribution in [0.5, 0.6) is 0 Å². The van der Waals surface area contributed by atoms with E-state index in [1.165, 1.54) is 46.6 Å². The average molecular weight is 455 g/mol. The van der Waals surface area contributed by atoms with Gasteiger partial charge in [-0.1, -0.05) is 23.9 Å². The number of aryl methyl sites for hydroxylation is 2. The quantitative estimate of drug-likeness (QED) is 0.332. The average Bonchev–Trinajstić information content (AvgIpc) is 3.39. The first kappa shape index (κ1) is 20.0. The SMILES string of the molecule is Cc1nc(C)c(-c2nnc(SCc3csc(-c4ccc(C(F)(F)F)cc4)n3)o2)s1. The Kier molecular flexibility index (Phi) is 5.45. The molecular formula is C18H13F3N4OS3. The molecule has 0 saturated carbocycles. The lowest BCUT2D eigenvalue weighted by Crippen LogP contribution is -2.03. The highest BCUT2D eigenvalue weighted by atomic mass is 32.2. The number of alkyl halides is 3. The van der Waals surface area contributed by atoms with E-state index in [-0.39, 0.29) is 0 Å². The van der Waals surface area contributed by atoms with Gasteiger partial charge in [-0.3, -0.25) is 0 Å². The number of rotatable bonds is 5. The smallest absolute Gasteiger partial charge is 0.410 e. The normalized spacial score (nSPS) is 11.9. The van der Waals surface area contributed by atoms with E-state index < -0.39 is 11.7 Å². The third kappa shape index (κ3) is 4.51. The summed E-state index contributed by atoms with van der Waals surface area (Å²) in [5.41, 5.74) is 1.62. The highest BCUT2D eigenvalue weighted by molar-refractivity contribution is 7.98. The second-order valence-corrected chi connectivity index (χ2v) is 9.02. The zero-order chi connectivity index (χ0) is 20.6. The first-order valence-electron chi connectivity index (χ1n) is 8.32. The van der Waals surface area contributed by atoms with Gasteiger partial charge in [-0.2, -0.15) is 13.2 Å². The predicted molar refractivity (Wildman–Crippen MR) is 107 cm³/mol. The molecule has 4 rings (SSSR count). The third-order valence-electron chi connectivity index (χ3n) is 3.86. The Labute approximate surface area is 176 Å². The van der Waals surface area contributed by atoms with Crippen molar-refractivity contribution in [3.8, 4) is 21.3 Å². The lowest BCUT2D eigenvalue weighted by Gasteiger charge is -2.06. The molecule has 0 aliphatic carbocycles. The molecule has 0 amide bonds. The van der Waals surface area contributed by atoms with Gasteiger partial charge in [0.15, 0.2) is 0 Å². The van der Waals surface area contributed by atoms with Crippen molar-refractivity contribution in [2.45, 2.75) is 31.0 Å². The molecule has 0 aliphatic rings. The number of aromatic nitrogens is 4. The second kappa shape index (κ2) is 7.88. The molecule has 0 atom stereocenters. The van der Waals surface area contributed by atoms with Crippen molar-refractivity contribution in [3.05, 3.63) is 51.6 Å². The van der Waals surface area contributed by atoms with Crippen LogP contribution in [0.1, 0.15) is 22.0 Å². The number of nitrogens with zero attached hydrogens (tertiary/aromatic N) is 4. The number of thioether (sulfide) groups is 1. The summed E-state index contributed by atoms with van der Waals surface area (Å²) in [5, 5.41) is 12.0. The summed E-state index contributed by atoms with van der Waals surface area (Å²) in [6, 6.07) is 4.99. The molecule has 0 spiro atoms. The summed E-state index contributed by atoms with van der Waals surface area (Å²) in [4.78, 5) is 9.70. The van der Waals surface area contributed by atoms with Crippen molar-refractivity contribution in [3.63, 3.8) is 0 Å². The van der Waals surface area contributed by atoms with E-state index in [0.717, 1.165) is 33.4 Å². The van der Waals surface area contributed by atoms with Crippen molar-refractivity contribution < 1.29 is 17.6 Å². The molecule has 11 heteroatoms. The van der Waals surface area contributed by atoms with Crippen LogP contribution in [0.25, 0.3) is 21.3 Å². The fraction of sp³-hybridized carbons (Fsp3) is 0.222. The topological polar surface area (TPSA) is 64.7 Å². The molecular weight excluding hydrogens is 441 g/mol. The van der Waals surface area contributed by atoms with Crippen LogP contribution in [0.2, 0.25) is 0 Å². The molecule has 0 aliphatic heterocycles. The fourth-order valence-electron chi connectivity index (χ4n) is 2.53. The summed E-state index contributed by atoms with van der Waals surface area (Å²) in [5.74, 6) is 0.957. The molecule has 0 bridgehead atoms. The molecule has 0 radical (unpaired) electrons. The van der Waals surface area contributed by atoms with Crippen LogP contribution in [0.15, 0.2) is 39.3 Å². The van der Waals surface area contributed by atoms with Gasteiger partial charge in [0.05, 0.1) is 22.0 Å². The highest BCUT2D eigenvalue weighted by Gasteiger charge is 2.30. The van der Waals surface area contributed by atoms with Crippen molar-refractivity contribution in [1.82, 2.24) is 20.2 Å². The first-order valence-corrected chi connectivity index (χ1v) is 11.0. The van der Waals surface area contributed by atoms with E-state index >= 15 is 0 Å². The van der Waals surface area contributed by atoms with Crippen molar-refractivity contribution in [1.29, 1.82) is 0 Å². The minimum absolute atomic E-state index is 0.425. The van der Waals surface area contributed by atoms with Crippen LogP contribution >= 0.6 is 34.4 Å². The summed E-state index contributed by atoms with van der Waals surface area (Å²) >= 11 is 4.24. The standard InChI is InChI=1S/C18H13F3N4OS3/c1-9-14(29-10(2)22-9)15-24-25-17(26-15)28-8-13-7-27-16(23-13)11-3-5-12(6-4-11)18(19,20)21/h3-7H,8H2,1-2H3. The molecule has 3 heterocycles. The van der Waals surface area contributed by atoms with Crippen molar-refractivity contribution in [2.75, 3.05) is 0 Å². The van der Waals surface area contributed by atoms with E-state index in [1.807, 2.05) is 19.2 Å². The van der Waals surface area contributed by atoms with E-state index in [0.29, 0.717) is 27.4 Å². The van der Waals surface area contributed by atoms with Gasteiger partial charge in [0.1, 0.15) is 9.88 Å². The molecule has 0 fully saturated rings. The number of hydrogen-bond acceptors (Lipinski definition) is 8. The van der Waals surface area contributed by atoms with E-state index in [9.17, 15) is 13.2 Å². The van der Waals surface area contributed by atoms with Crippen molar-refractivity contribution in [2.24, 2.45) is 0 Å². The van der Waals surface area contributed by atoms with Crippen LogP contribution in [0.3, 0.4) is 0 Å². The predicted octanol–water partition coefficient (Wildman–Crippen LogP) is 6.24.